The molecule has 0 unspecified atom stereocenters. The molecule has 0 atom stereocenters. The van der Waals surface area contributed by atoms with E-state index in [2.05, 4.69) is 16.7 Å². The molecule has 0 saturated carbocycles. The Morgan fingerprint density at radius 2 is 2.12 bits per heavy atom. The molecule has 8 heavy (non-hydrogen) atoms. The molecule has 6 heteroatoms. The molecule has 50 valence electrons. The SMILES string of the molecule is CNNC(=O)NN.Cl. The fraction of sp³-hybridized carbons (Fsp3) is 0.500. The molecule has 0 aliphatic rings. The smallest absolute Gasteiger partial charge is 0.275 e. The van der Waals surface area contributed by atoms with Gasteiger partial charge >= 0.3 is 6.03 Å². The Morgan fingerprint density at radius 3 is 2.25 bits per heavy atom. The first-order valence-electron chi connectivity index (χ1n) is 1.74. The van der Waals surface area contributed by atoms with Crippen LogP contribution >= 0.6 is 12.4 Å². The third-order valence-corrected chi connectivity index (χ3v) is 0.370. The number of urea groups is 1. The Kier molecular flexibility index (Phi) is 8.47. The molecule has 0 aliphatic heterocycles. The van der Waals surface area contributed by atoms with Gasteiger partial charge in [-0.05, 0) is 0 Å². The molecule has 0 heterocycles. The van der Waals surface area contributed by atoms with Crippen molar-refractivity contribution in [1.82, 2.24) is 16.3 Å². The van der Waals surface area contributed by atoms with Crippen molar-refractivity contribution in [3.8, 4) is 0 Å². The number of hydrogen-bond donors (Lipinski definition) is 4. The van der Waals surface area contributed by atoms with Crippen LogP contribution in [0.1, 0.15) is 0 Å². The van der Waals surface area contributed by atoms with Crippen molar-refractivity contribution >= 4 is 18.4 Å². The molecule has 5 nitrogen and oxygen atoms in total. The van der Waals surface area contributed by atoms with E-state index in [1.807, 2.05) is 5.43 Å². The van der Waals surface area contributed by atoms with Crippen molar-refractivity contribution in [1.29, 1.82) is 0 Å². The fourth-order valence-corrected chi connectivity index (χ4v) is 0.150. The minimum atomic E-state index is -0.456. The Morgan fingerprint density at radius 1 is 1.62 bits per heavy atom. The molecular weight excluding hydrogens is 132 g/mol. The van der Waals surface area contributed by atoms with Crippen molar-refractivity contribution in [3.05, 3.63) is 0 Å². The second kappa shape index (κ2) is 6.48. The highest BCUT2D eigenvalue weighted by Gasteiger charge is 1.86. The number of halogens is 1. The normalized spacial score (nSPS) is 6.75. The van der Waals surface area contributed by atoms with Gasteiger partial charge in [0.05, 0.1) is 0 Å². The van der Waals surface area contributed by atoms with E-state index in [1.54, 1.807) is 7.05 Å². The monoisotopic (exact) mass is 140 g/mol. The lowest BCUT2D eigenvalue weighted by atomic mass is 11.1. The first-order valence-corrected chi connectivity index (χ1v) is 1.74. The molecule has 0 rings (SSSR count). The number of hydrogen-bond acceptors (Lipinski definition) is 3. The minimum absolute atomic E-state index is 0. The van der Waals surface area contributed by atoms with Crippen molar-refractivity contribution < 1.29 is 4.79 Å². The van der Waals surface area contributed by atoms with Crippen LogP contribution in [-0.2, 0) is 0 Å². The van der Waals surface area contributed by atoms with Gasteiger partial charge in [0.2, 0.25) is 0 Å². The second-order valence-corrected chi connectivity index (χ2v) is 0.848. The van der Waals surface area contributed by atoms with Crippen LogP contribution in [0, 0.1) is 0 Å². The van der Waals surface area contributed by atoms with Gasteiger partial charge in [-0.2, -0.15) is 0 Å². The van der Waals surface area contributed by atoms with Crippen LogP contribution in [0.2, 0.25) is 0 Å². The summed E-state index contributed by atoms with van der Waals surface area (Å²) in [6.07, 6.45) is 0. The van der Waals surface area contributed by atoms with Crippen LogP contribution in [-0.4, -0.2) is 13.1 Å². The lowest BCUT2D eigenvalue weighted by Gasteiger charge is -1.97. The van der Waals surface area contributed by atoms with Crippen LogP contribution < -0.4 is 22.1 Å². The van der Waals surface area contributed by atoms with E-state index in [4.69, 9.17) is 0 Å². The number of amides is 2. The number of carbonyl (C=O) groups excluding carboxylic acids is 1. The van der Waals surface area contributed by atoms with Gasteiger partial charge < -0.3 is 0 Å². The molecule has 0 fully saturated rings. The van der Waals surface area contributed by atoms with E-state index < -0.39 is 6.03 Å². The zero-order valence-corrected chi connectivity index (χ0v) is 5.21. The summed E-state index contributed by atoms with van der Waals surface area (Å²) < 4.78 is 0. The number of carbonyl (C=O) groups is 1. The Labute approximate surface area is 53.3 Å². The predicted octanol–water partition coefficient (Wildman–Crippen LogP) is -1.28. The second-order valence-electron chi connectivity index (χ2n) is 0.848. The predicted molar refractivity (Wildman–Crippen MR) is 32.2 cm³/mol. The summed E-state index contributed by atoms with van der Waals surface area (Å²) in [5.41, 5.74) is 6.40. The Hall–Kier alpha value is -0.520. The van der Waals surface area contributed by atoms with Gasteiger partial charge in [-0.3, -0.25) is 10.9 Å². The largest absolute Gasteiger partial charge is 0.343 e. The summed E-state index contributed by atoms with van der Waals surface area (Å²) in [5, 5.41) is 0. The maximum atomic E-state index is 10.0. The molecule has 5 N–H and O–H groups in total. The Bertz CT molecular complexity index is 67.1. The van der Waals surface area contributed by atoms with Crippen LogP contribution in [0.4, 0.5) is 4.79 Å². The van der Waals surface area contributed by atoms with Gasteiger partial charge in [0.25, 0.3) is 0 Å². The summed E-state index contributed by atoms with van der Waals surface area (Å²) >= 11 is 0. The quantitative estimate of drug-likeness (QED) is 0.208. The molecule has 0 aromatic carbocycles. The molecule has 2 amide bonds. The summed E-state index contributed by atoms with van der Waals surface area (Å²) in [4.78, 5) is 10.0. The van der Waals surface area contributed by atoms with Crippen LogP contribution in [0.15, 0.2) is 0 Å². The summed E-state index contributed by atoms with van der Waals surface area (Å²) in [7, 11) is 1.56. The lowest BCUT2D eigenvalue weighted by Crippen LogP contribution is -2.45. The standard InChI is InChI=1S/C2H8N4O.ClH/c1-4-6-2(7)5-3;/h4H,3H2,1H3,(H2,5,6,7);1H. The first kappa shape index (κ1) is 10.5. The minimum Gasteiger partial charge on any atom is -0.275 e. The number of nitrogens with two attached hydrogens (primary N) is 1. The van der Waals surface area contributed by atoms with Gasteiger partial charge in [-0.25, -0.2) is 16.1 Å². The number of hydrazine groups is 2. The van der Waals surface area contributed by atoms with Gasteiger partial charge in [0.1, 0.15) is 0 Å². The molecule has 0 saturated heterocycles. The molecule has 0 aliphatic carbocycles. The lowest BCUT2D eigenvalue weighted by molar-refractivity contribution is 0.238. The third-order valence-electron chi connectivity index (χ3n) is 0.370. The van der Waals surface area contributed by atoms with E-state index in [0.29, 0.717) is 0 Å². The van der Waals surface area contributed by atoms with Gasteiger partial charge in [0.15, 0.2) is 0 Å². The molecule has 0 spiro atoms. The van der Waals surface area contributed by atoms with Crippen LogP contribution in [0.3, 0.4) is 0 Å². The summed E-state index contributed by atoms with van der Waals surface area (Å²) in [6.45, 7) is 0. The summed E-state index contributed by atoms with van der Waals surface area (Å²) in [5.74, 6) is 4.66. The third kappa shape index (κ3) is 5.48. The molecule has 0 aromatic rings. The van der Waals surface area contributed by atoms with Gasteiger partial charge in [0, 0.05) is 7.05 Å². The fourth-order valence-electron chi connectivity index (χ4n) is 0.150. The van der Waals surface area contributed by atoms with Gasteiger partial charge in [-0.15, -0.1) is 12.4 Å². The molecule has 0 aromatic heterocycles. The molecular formula is C2H9ClN4O. The maximum absolute atomic E-state index is 10.0. The zero-order chi connectivity index (χ0) is 5.70. The van der Waals surface area contributed by atoms with Crippen LogP contribution in [0.25, 0.3) is 0 Å². The van der Waals surface area contributed by atoms with E-state index in [1.165, 1.54) is 0 Å². The van der Waals surface area contributed by atoms with E-state index in [-0.39, 0.29) is 12.4 Å². The molecule has 0 bridgehead atoms. The van der Waals surface area contributed by atoms with E-state index in [0.717, 1.165) is 0 Å². The van der Waals surface area contributed by atoms with Crippen molar-refractivity contribution in [2.24, 2.45) is 5.84 Å². The van der Waals surface area contributed by atoms with E-state index in [9.17, 15) is 4.79 Å². The van der Waals surface area contributed by atoms with Crippen LogP contribution in [0.5, 0.6) is 0 Å². The Balaban J connectivity index is 0. The topological polar surface area (TPSA) is 79.2 Å². The van der Waals surface area contributed by atoms with Gasteiger partial charge in [-0.1, -0.05) is 0 Å². The van der Waals surface area contributed by atoms with Crippen molar-refractivity contribution in [2.75, 3.05) is 7.05 Å². The number of nitrogens with one attached hydrogen (secondary N) is 3. The van der Waals surface area contributed by atoms with Crippen molar-refractivity contribution in [2.45, 2.75) is 0 Å². The zero-order valence-electron chi connectivity index (χ0n) is 4.39. The number of rotatable bonds is 1. The van der Waals surface area contributed by atoms with E-state index >= 15 is 0 Å². The average molecular weight is 141 g/mol. The highest BCUT2D eigenvalue weighted by molar-refractivity contribution is 5.85. The average Bonchev–Trinajstić information content (AvgIpc) is 1.68. The maximum Gasteiger partial charge on any atom is 0.343 e. The molecule has 0 radical (unpaired) electrons. The highest BCUT2D eigenvalue weighted by atomic mass is 35.5. The summed E-state index contributed by atoms with van der Waals surface area (Å²) in [6, 6.07) is -0.456. The van der Waals surface area contributed by atoms with Crippen molar-refractivity contribution in [3.63, 3.8) is 0 Å². The highest BCUT2D eigenvalue weighted by Crippen LogP contribution is 1.46. The first-order chi connectivity index (χ1) is 3.31.